The maximum Gasteiger partial charge on any atom is 0.127 e. The van der Waals surface area contributed by atoms with Crippen molar-refractivity contribution < 1.29 is 4.39 Å². The van der Waals surface area contributed by atoms with Gasteiger partial charge in [0.15, 0.2) is 0 Å². The van der Waals surface area contributed by atoms with E-state index < -0.39 is 0 Å². The molecule has 2 heterocycles. The molecule has 2 fully saturated rings. The highest BCUT2D eigenvalue weighted by molar-refractivity contribution is 5.76. The molecule has 1 aliphatic carbocycles. The molecule has 0 spiro atoms. The van der Waals surface area contributed by atoms with Crippen LogP contribution in [-0.2, 0) is 0 Å². The fourth-order valence-electron chi connectivity index (χ4n) is 3.62. The first kappa shape index (κ1) is 13.3. The van der Waals surface area contributed by atoms with Gasteiger partial charge in [-0.05, 0) is 50.3 Å². The second kappa shape index (κ2) is 5.09. The third-order valence-corrected chi connectivity index (χ3v) is 4.99. The number of rotatable bonds is 3. The lowest BCUT2D eigenvalue weighted by Gasteiger charge is -2.29. The van der Waals surface area contributed by atoms with E-state index in [1.165, 1.54) is 25.7 Å². The second-order valence-electron chi connectivity index (χ2n) is 6.51. The van der Waals surface area contributed by atoms with Crippen LogP contribution in [0.25, 0.3) is 11.0 Å². The highest BCUT2D eigenvalue weighted by Crippen LogP contribution is 2.41. The van der Waals surface area contributed by atoms with E-state index in [0.29, 0.717) is 12.1 Å². The molecule has 0 radical (unpaired) electrons. The number of fused-ring (bicyclic) bond motifs is 1. The van der Waals surface area contributed by atoms with E-state index in [4.69, 9.17) is 4.98 Å². The summed E-state index contributed by atoms with van der Waals surface area (Å²) in [5.41, 5.74) is 1.90. The van der Waals surface area contributed by atoms with E-state index in [-0.39, 0.29) is 5.82 Å². The summed E-state index contributed by atoms with van der Waals surface area (Å²) in [7, 11) is 0. The van der Waals surface area contributed by atoms with Crippen LogP contribution in [-0.4, -0.2) is 16.1 Å². The van der Waals surface area contributed by atoms with E-state index in [1.807, 2.05) is 6.07 Å². The number of hydrogen-bond donors (Lipinski definition) is 1. The molecule has 0 amide bonds. The minimum atomic E-state index is -0.197. The van der Waals surface area contributed by atoms with Gasteiger partial charge in [-0.2, -0.15) is 0 Å². The molecule has 112 valence electrons. The third kappa shape index (κ3) is 2.35. The first-order chi connectivity index (χ1) is 10.3. The monoisotopic (exact) mass is 287 g/mol. The Labute approximate surface area is 124 Å². The first-order valence-corrected chi connectivity index (χ1v) is 8.17. The van der Waals surface area contributed by atoms with Gasteiger partial charge in [-0.3, -0.25) is 0 Å². The SMILES string of the molecule is CCC1CCNC(c2nc3cc(F)ccc3n2C2CC2)C1. The lowest BCUT2D eigenvalue weighted by atomic mass is 9.90. The van der Waals surface area contributed by atoms with Gasteiger partial charge in [-0.1, -0.05) is 13.3 Å². The van der Waals surface area contributed by atoms with Crippen molar-refractivity contribution in [3.05, 3.63) is 29.8 Å². The van der Waals surface area contributed by atoms with Crippen LogP contribution < -0.4 is 5.32 Å². The average molecular weight is 287 g/mol. The number of imidazole rings is 1. The van der Waals surface area contributed by atoms with Crippen molar-refractivity contribution in [2.75, 3.05) is 6.54 Å². The van der Waals surface area contributed by atoms with Crippen molar-refractivity contribution in [2.45, 2.75) is 51.1 Å². The highest BCUT2D eigenvalue weighted by Gasteiger charge is 2.32. The van der Waals surface area contributed by atoms with Crippen LogP contribution in [0.2, 0.25) is 0 Å². The third-order valence-electron chi connectivity index (χ3n) is 4.99. The Morgan fingerprint density at radius 2 is 2.19 bits per heavy atom. The predicted molar refractivity (Wildman–Crippen MR) is 81.7 cm³/mol. The van der Waals surface area contributed by atoms with Crippen molar-refractivity contribution in [1.29, 1.82) is 0 Å². The lowest BCUT2D eigenvalue weighted by molar-refractivity contribution is 0.287. The van der Waals surface area contributed by atoms with Gasteiger partial charge in [0, 0.05) is 12.1 Å². The largest absolute Gasteiger partial charge is 0.324 e. The standard InChI is InChI=1S/C17H22FN3/c1-2-11-7-8-19-15(9-11)17-20-14-10-12(18)3-6-16(14)21(17)13-4-5-13/h3,6,10-11,13,15,19H,2,4-5,7-9H2,1H3. The summed E-state index contributed by atoms with van der Waals surface area (Å²) in [4.78, 5) is 4.79. The molecule has 2 aromatic rings. The van der Waals surface area contributed by atoms with Gasteiger partial charge in [0.1, 0.15) is 11.6 Å². The quantitative estimate of drug-likeness (QED) is 0.926. The first-order valence-electron chi connectivity index (χ1n) is 8.17. The summed E-state index contributed by atoms with van der Waals surface area (Å²) >= 11 is 0. The van der Waals surface area contributed by atoms with E-state index in [2.05, 4.69) is 16.8 Å². The number of nitrogens with one attached hydrogen (secondary N) is 1. The number of nitrogens with zero attached hydrogens (tertiary/aromatic N) is 2. The zero-order valence-electron chi connectivity index (χ0n) is 12.5. The zero-order valence-corrected chi connectivity index (χ0v) is 12.5. The minimum Gasteiger partial charge on any atom is -0.324 e. The predicted octanol–water partition coefficient (Wildman–Crippen LogP) is 3.96. The van der Waals surface area contributed by atoms with Crippen LogP contribution in [0.15, 0.2) is 18.2 Å². The molecule has 1 aromatic heterocycles. The number of halogens is 1. The number of piperidine rings is 1. The fraction of sp³-hybridized carbons (Fsp3) is 0.588. The molecular weight excluding hydrogens is 265 g/mol. The summed E-state index contributed by atoms with van der Waals surface area (Å²) in [6.07, 6.45) is 6.08. The molecule has 2 atom stereocenters. The van der Waals surface area contributed by atoms with Crippen LogP contribution in [0, 0.1) is 11.7 Å². The average Bonchev–Trinajstić information content (AvgIpc) is 3.27. The smallest absolute Gasteiger partial charge is 0.127 e. The van der Waals surface area contributed by atoms with E-state index in [0.717, 1.165) is 35.7 Å². The lowest BCUT2D eigenvalue weighted by Crippen LogP contribution is -2.33. The van der Waals surface area contributed by atoms with Gasteiger partial charge in [-0.15, -0.1) is 0 Å². The van der Waals surface area contributed by atoms with Crippen LogP contribution in [0.1, 0.15) is 56.9 Å². The van der Waals surface area contributed by atoms with Gasteiger partial charge < -0.3 is 9.88 Å². The van der Waals surface area contributed by atoms with Gasteiger partial charge >= 0.3 is 0 Å². The molecule has 3 nitrogen and oxygen atoms in total. The van der Waals surface area contributed by atoms with E-state index in [1.54, 1.807) is 12.1 Å². The molecule has 2 unspecified atom stereocenters. The van der Waals surface area contributed by atoms with Gasteiger partial charge in [0.05, 0.1) is 17.1 Å². The summed E-state index contributed by atoms with van der Waals surface area (Å²) < 4.78 is 15.9. The Bertz CT molecular complexity index is 659. The molecule has 0 bridgehead atoms. The molecular formula is C17H22FN3. The van der Waals surface area contributed by atoms with E-state index >= 15 is 0 Å². The Hall–Kier alpha value is -1.42. The summed E-state index contributed by atoms with van der Waals surface area (Å²) in [6, 6.07) is 5.90. The molecule has 4 heteroatoms. The van der Waals surface area contributed by atoms with E-state index in [9.17, 15) is 4.39 Å². The minimum absolute atomic E-state index is 0.197. The highest BCUT2D eigenvalue weighted by atomic mass is 19.1. The Kier molecular flexibility index (Phi) is 3.21. The van der Waals surface area contributed by atoms with Crippen molar-refractivity contribution >= 4 is 11.0 Å². The molecule has 1 saturated heterocycles. The van der Waals surface area contributed by atoms with Gasteiger partial charge in [0.25, 0.3) is 0 Å². The summed E-state index contributed by atoms with van der Waals surface area (Å²) in [5, 5.41) is 3.62. The van der Waals surface area contributed by atoms with Gasteiger partial charge in [-0.25, -0.2) is 9.37 Å². The van der Waals surface area contributed by atoms with Crippen molar-refractivity contribution in [2.24, 2.45) is 5.92 Å². The van der Waals surface area contributed by atoms with Crippen molar-refractivity contribution in [3.63, 3.8) is 0 Å². The van der Waals surface area contributed by atoms with Crippen molar-refractivity contribution in [3.8, 4) is 0 Å². The Balaban J connectivity index is 1.78. The Morgan fingerprint density at radius 3 is 2.95 bits per heavy atom. The molecule has 1 aliphatic heterocycles. The number of aromatic nitrogens is 2. The molecule has 1 N–H and O–H groups in total. The summed E-state index contributed by atoms with van der Waals surface area (Å²) in [5.74, 6) is 1.70. The maximum atomic E-state index is 13.5. The second-order valence-corrected chi connectivity index (χ2v) is 6.51. The summed E-state index contributed by atoms with van der Waals surface area (Å²) in [6.45, 7) is 3.33. The molecule has 4 rings (SSSR count). The normalized spacial score (nSPS) is 26.4. The topological polar surface area (TPSA) is 29.9 Å². The maximum absolute atomic E-state index is 13.5. The molecule has 1 aromatic carbocycles. The van der Waals surface area contributed by atoms with Crippen LogP contribution in [0.4, 0.5) is 4.39 Å². The number of hydrogen-bond acceptors (Lipinski definition) is 2. The van der Waals surface area contributed by atoms with Crippen LogP contribution in [0.3, 0.4) is 0 Å². The Morgan fingerprint density at radius 1 is 1.33 bits per heavy atom. The molecule has 21 heavy (non-hydrogen) atoms. The molecule has 1 saturated carbocycles. The van der Waals surface area contributed by atoms with Crippen LogP contribution >= 0.6 is 0 Å². The van der Waals surface area contributed by atoms with Crippen molar-refractivity contribution in [1.82, 2.24) is 14.9 Å². The number of benzene rings is 1. The molecule has 2 aliphatic rings. The fourth-order valence-corrected chi connectivity index (χ4v) is 3.62. The van der Waals surface area contributed by atoms with Gasteiger partial charge in [0.2, 0.25) is 0 Å². The zero-order chi connectivity index (χ0) is 14.4. The van der Waals surface area contributed by atoms with Crippen LogP contribution in [0.5, 0.6) is 0 Å².